The highest BCUT2D eigenvalue weighted by atomic mass is 79.9. The number of benzene rings is 10. The van der Waals surface area contributed by atoms with Crippen LogP contribution in [0.25, 0.3) is 0 Å². The van der Waals surface area contributed by atoms with E-state index in [1.165, 1.54) is 0 Å². The van der Waals surface area contributed by atoms with Gasteiger partial charge in [0.15, 0.2) is 0 Å². The average molecular weight is 918 g/mol. The van der Waals surface area contributed by atoms with Crippen molar-refractivity contribution >= 4 is 84.2 Å². The number of anilines is 12. The lowest BCUT2D eigenvalue weighted by Gasteiger charge is -2.33. The first-order chi connectivity index (χ1) is 32.6. The highest BCUT2D eigenvalue weighted by molar-refractivity contribution is 9.10. The van der Waals surface area contributed by atoms with Gasteiger partial charge in [0.1, 0.15) is 11.5 Å². The van der Waals surface area contributed by atoms with E-state index in [-0.39, 0.29) is 0 Å². The second-order valence-electron chi connectivity index (χ2n) is 15.6. The van der Waals surface area contributed by atoms with Crippen molar-refractivity contribution in [1.82, 2.24) is 0 Å². The Bertz CT molecular complexity index is 2950. The maximum absolute atomic E-state index is 6.80. The Kier molecular flexibility index (Phi) is 12.4. The van der Waals surface area contributed by atoms with Crippen molar-refractivity contribution in [3.63, 3.8) is 0 Å². The highest BCUT2D eigenvalue weighted by Crippen LogP contribution is 2.48. The average Bonchev–Trinajstić information content (AvgIpc) is 3.37. The summed E-state index contributed by atoms with van der Waals surface area (Å²) < 4.78 is 7.79. The van der Waals surface area contributed by atoms with Crippen molar-refractivity contribution in [1.29, 1.82) is 0 Å². The van der Waals surface area contributed by atoms with Gasteiger partial charge in [0.05, 0.1) is 28.4 Å². The number of hydrogen-bond donors (Lipinski definition) is 0. The third-order valence-corrected chi connectivity index (χ3v) is 11.7. The largest absolute Gasteiger partial charge is 0.457 e. The summed E-state index contributed by atoms with van der Waals surface area (Å²) in [6.45, 7) is 0. The number of nitrogens with zero attached hydrogens (tertiary/aromatic N) is 4. The summed E-state index contributed by atoms with van der Waals surface area (Å²) >= 11 is 3.77. The normalized spacial score (nSPS) is 10.8. The standard InChI is InChI=1S/C60H45BrN4O/c61-46-23-22-36-53(39-46)64(51-32-16-5-17-33-51)57-43-58(45-60(44-57)66-59-37-20-7-21-38-59)65(52-34-18-6-19-35-52)56-41-54(62(47-24-8-1-9-25-47)48-26-10-2-11-27-48)40-55(42-56)63(49-28-12-3-13-29-49)50-30-14-4-15-31-50/h1-45H. The van der Waals surface area contributed by atoms with E-state index in [1.54, 1.807) is 0 Å². The van der Waals surface area contributed by atoms with Gasteiger partial charge in [-0.25, -0.2) is 0 Å². The summed E-state index contributed by atoms with van der Waals surface area (Å²) in [5, 5.41) is 0. The SMILES string of the molecule is Brc1cccc(N(c2ccccc2)c2cc(Oc3ccccc3)cc(N(c3ccccc3)c3cc(N(c4ccccc4)c4ccccc4)cc(N(c4ccccc4)c4ccccc4)c3)c2)c1. The minimum absolute atomic E-state index is 0.687. The molecule has 0 aliphatic heterocycles. The van der Waals surface area contributed by atoms with Crippen LogP contribution >= 0.6 is 15.9 Å². The molecule has 0 amide bonds. The predicted molar refractivity (Wildman–Crippen MR) is 279 cm³/mol. The molecule has 0 radical (unpaired) electrons. The Balaban J connectivity index is 1.26. The zero-order valence-corrected chi connectivity index (χ0v) is 37.6. The quantitative estimate of drug-likeness (QED) is 0.108. The first-order valence-corrected chi connectivity index (χ1v) is 22.7. The first kappa shape index (κ1) is 41.7. The third-order valence-electron chi connectivity index (χ3n) is 11.2. The van der Waals surface area contributed by atoms with Crippen molar-refractivity contribution in [2.24, 2.45) is 0 Å². The van der Waals surface area contributed by atoms with E-state index >= 15 is 0 Å². The summed E-state index contributed by atoms with van der Waals surface area (Å²) in [4.78, 5) is 9.27. The molecule has 0 saturated carbocycles. The molecule has 5 nitrogen and oxygen atoms in total. The Labute approximate surface area is 395 Å². The lowest BCUT2D eigenvalue weighted by molar-refractivity contribution is 0.483. The Morgan fingerprint density at radius 2 is 0.470 bits per heavy atom. The molecule has 0 spiro atoms. The van der Waals surface area contributed by atoms with Crippen LogP contribution in [-0.2, 0) is 0 Å². The summed E-state index contributed by atoms with van der Waals surface area (Å²) in [7, 11) is 0. The van der Waals surface area contributed by atoms with Crippen LogP contribution in [-0.4, -0.2) is 0 Å². The van der Waals surface area contributed by atoms with Gasteiger partial charge in [-0.15, -0.1) is 0 Å². The summed E-state index contributed by atoms with van der Waals surface area (Å²) in [6, 6.07) is 95.1. The molecule has 0 N–H and O–H groups in total. The molecule has 6 heteroatoms. The lowest BCUT2D eigenvalue weighted by Crippen LogP contribution is -2.17. The fourth-order valence-electron chi connectivity index (χ4n) is 8.34. The van der Waals surface area contributed by atoms with Crippen molar-refractivity contribution in [3.05, 3.63) is 277 Å². The maximum Gasteiger partial charge on any atom is 0.131 e. The number of halogens is 1. The molecule has 10 rings (SSSR count). The molecule has 0 saturated heterocycles. The fraction of sp³-hybridized carbons (Fsp3) is 0. The van der Waals surface area contributed by atoms with E-state index in [0.717, 1.165) is 78.5 Å². The molecule has 0 aliphatic rings. The van der Waals surface area contributed by atoms with E-state index in [9.17, 15) is 0 Å². The van der Waals surface area contributed by atoms with Gasteiger partial charge in [-0.1, -0.05) is 149 Å². The molecule has 0 heterocycles. The van der Waals surface area contributed by atoms with Crippen LogP contribution in [0.3, 0.4) is 0 Å². The van der Waals surface area contributed by atoms with Crippen LogP contribution < -0.4 is 24.3 Å². The number of rotatable bonds is 14. The van der Waals surface area contributed by atoms with E-state index in [0.29, 0.717) is 5.75 Å². The topological polar surface area (TPSA) is 22.2 Å². The number of hydrogen-bond acceptors (Lipinski definition) is 5. The molecular formula is C60H45BrN4O. The molecule has 0 aliphatic carbocycles. The third kappa shape index (κ3) is 9.32. The number of ether oxygens (including phenoxy) is 1. The smallest absolute Gasteiger partial charge is 0.131 e. The van der Waals surface area contributed by atoms with E-state index in [2.05, 4.69) is 272 Å². The van der Waals surface area contributed by atoms with Crippen molar-refractivity contribution in [2.45, 2.75) is 0 Å². The van der Waals surface area contributed by atoms with Gasteiger partial charge < -0.3 is 24.3 Å². The van der Waals surface area contributed by atoms with E-state index in [1.807, 2.05) is 36.4 Å². The van der Waals surface area contributed by atoms with E-state index in [4.69, 9.17) is 4.74 Å². The second kappa shape index (κ2) is 19.6. The molecule has 318 valence electrons. The molecular weight excluding hydrogens is 873 g/mol. The van der Waals surface area contributed by atoms with Gasteiger partial charge in [0.25, 0.3) is 0 Å². The zero-order chi connectivity index (χ0) is 44.5. The fourth-order valence-corrected chi connectivity index (χ4v) is 8.73. The minimum Gasteiger partial charge on any atom is -0.457 e. The molecule has 0 unspecified atom stereocenters. The molecule has 10 aromatic carbocycles. The summed E-state index contributed by atoms with van der Waals surface area (Å²) in [5.41, 5.74) is 11.9. The molecule has 0 bridgehead atoms. The Morgan fingerprint density at radius 1 is 0.212 bits per heavy atom. The minimum atomic E-state index is 0.687. The van der Waals surface area contributed by atoms with Crippen molar-refractivity contribution in [3.8, 4) is 11.5 Å². The second-order valence-corrected chi connectivity index (χ2v) is 16.6. The Morgan fingerprint density at radius 3 is 0.788 bits per heavy atom. The highest BCUT2D eigenvalue weighted by Gasteiger charge is 2.24. The molecule has 0 aromatic heterocycles. The van der Waals surface area contributed by atoms with Crippen LogP contribution in [0.4, 0.5) is 68.2 Å². The summed E-state index contributed by atoms with van der Waals surface area (Å²) in [6.07, 6.45) is 0. The van der Waals surface area contributed by atoms with Gasteiger partial charge >= 0.3 is 0 Å². The van der Waals surface area contributed by atoms with Crippen LogP contribution in [0.15, 0.2) is 277 Å². The summed E-state index contributed by atoms with van der Waals surface area (Å²) in [5.74, 6) is 1.43. The molecule has 0 atom stereocenters. The van der Waals surface area contributed by atoms with Gasteiger partial charge in [0.2, 0.25) is 0 Å². The van der Waals surface area contributed by atoms with Gasteiger partial charge in [-0.05, 0) is 127 Å². The van der Waals surface area contributed by atoms with Gasteiger partial charge in [-0.3, -0.25) is 0 Å². The van der Waals surface area contributed by atoms with Crippen LogP contribution in [0.2, 0.25) is 0 Å². The van der Waals surface area contributed by atoms with Crippen molar-refractivity contribution < 1.29 is 4.74 Å². The monoisotopic (exact) mass is 916 g/mol. The van der Waals surface area contributed by atoms with Crippen LogP contribution in [0.1, 0.15) is 0 Å². The first-order valence-electron chi connectivity index (χ1n) is 21.9. The molecule has 0 fully saturated rings. The van der Waals surface area contributed by atoms with E-state index < -0.39 is 0 Å². The zero-order valence-electron chi connectivity index (χ0n) is 36.1. The molecule has 66 heavy (non-hydrogen) atoms. The van der Waals surface area contributed by atoms with Crippen LogP contribution in [0, 0.1) is 0 Å². The van der Waals surface area contributed by atoms with Crippen molar-refractivity contribution in [2.75, 3.05) is 19.6 Å². The van der Waals surface area contributed by atoms with Gasteiger partial charge in [-0.2, -0.15) is 0 Å². The number of para-hydroxylation sites is 7. The molecule has 10 aromatic rings. The van der Waals surface area contributed by atoms with Crippen LogP contribution in [0.5, 0.6) is 11.5 Å². The lowest BCUT2D eigenvalue weighted by atomic mass is 10.1. The predicted octanol–water partition coefficient (Wildman–Crippen LogP) is 18.1. The Hall–Kier alpha value is -8.32. The maximum atomic E-state index is 6.80. The van der Waals surface area contributed by atoms with Gasteiger partial charge in [0, 0.05) is 56.4 Å².